The van der Waals surface area contributed by atoms with E-state index in [1.54, 1.807) is 6.20 Å². The van der Waals surface area contributed by atoms with Crippen molar-refractivity contribution < 1.29 is 0 Å². The summed E-state index contributed by atoms with van der Waals surface area (Å²) in [7, 11) is 0. The summed E-state index contributed by atoms with van der Waals surface area (Å²) >= 11 is 6.20. The Labute approximate surface area is 137 Å². The zero-order valence-electron chi connectivity index (χ0n) is 12.8. The fourth-order valence-corrected chi connectivity index (χ4v) is 3.50. The Morgan fingerprint density at radius 2 is 1.91 bits per heavy atom. The van der Waals surface area contributed by atoms with Crippen molar-refractivity contribution in [2.24, 2.45) is 4.99 Å². The average molecular weight is 313 g/mol. The van der Waals surface area contributed by atoms with Crippen LogP contribution in [0.15, 0.2) is 53.7 Å². The lowest BCUT2D eigenvalue weighted by Gasteiger charge is -2.22. The van der Waals surface area contributed by atoms with Gasteiger partial charge in [0.15, 0.2) is 0 Å². The highest BCUT2D eigenvalue weighted by atomic mass is 35.5. The summed E-state index contributed by atoms with van der Waals surface area (Å²) in [5.41, 5.74) is 7.38. The predicted octanol–water partition coefficient (Wildman–Crippen LogP) is 4.56. The van der Waals surface area contributed by atoms with Gasteiger partial charge in [-0.3, -0.25) is 4.99 Å². The molecule has 1 fully saturated rings. The Bertz CT molecular complexity index is 675. The maximum atomic E-state index is 6.20. The molecule has 1 aliphatic heterocycles. The summed E-state index contributed by atoms with van der Waals surface area (Å²) in [5.74, 6) is 0. The molecule has 1 heterocycles. The molecular formula is C19H21ClN2. The predicted molar refractivity (Wildman–Crippen MR) is 95.6 cm³/mol. The van der Waals surface area contributed by atoms with E-state index in [1.165, 1.54) is 22.3 Å². The Balaban J connectivity index is 2.24. The topological polar surface area (TPSA) is 24.4 Å². The normalized spacial score (nSPS) is 20.8. The third kappa shape index (κ3) is 2.94. The Morgan fingerprint density at radius 1 is 1.14 bits per heavy atom. The molecule has 3 rings (SSSR count). The molecule has 0 unspecified atom stereocenters. The first kappa shape index (κ1) is 15.3. The first-order valence-electron chi connectivity index (χ1n) is 7.79. The molecule has 114 valence electrons. The SMILES string of the molecule is C=CN=C1C(=C)CCc2cc(Cl)ccc2C1=C1CCNCC1. The van der Waals surface area contributed by atoms with E-state index in [-0.39, 0.29) is 0 Å². The van der Waals surface area contributed by atoms with Gasteiger partial charge in [-0.1, -0.05) is 36.4 Å². The summed E-state index contributed by atoms with van der Waals surface area (Å²) in [6, 6.07) is 6.20. The number of benzene rings is 1. The third-order valence-electron chi connectivity index (χ3n) is 4.39. The molecule has 1 aromatic carbocycles. The van der Waals surface area contributed by atoms with Gasteiger partial charge in [0.2, 0.25) is 0 Å². The molecule has 1 N–H and O–H groups in total. The first-order chi connectivity index (χ1) is 10.7. The van der Waals surface area contributed by atoms with Crippen molar-refractivity contribution in [2.45, 2.75) is 25.7 Å². The minimum Gasteiger partial charge on any atom is -0.316 e. The number of hydrogen-bond acceptors (Lipinski definition) is 2. The highest BCUT2D eigenvalue weighted by Gasteiger charge is 2.24. The van der Waals surface area contributed by atoms with Crippen LogP contribution in [0.4, 0.5) is 0 Å². The molecular weight excluding hydrogens is 292 g/mol. The van der Waals surface area contributed by atoms with Crippen molar-refractivity contribution in [3.8, 4) is 0 Å². The van der Waals surface area contributed by atoms with Gasteiger partial charge in [-0.2, -0.15) is 0 Å². The maximum Gasteiger partial charge on any atom is 0.0733 e. The molecule has 0 spiro atoms. The summed E-state index contributed by atoms with van der Waals surface area (Å²) < 4.78 is 0. The maximum absolute atomic E-state index is 6.20. The Kier molecular flexibility index (Phi) is 4.60. The number of rotatable bonds is 1. The monoisotopic (exact) mass is 312 g/mol. The van der Waals surface area contributed by atoms with Crippen molar-refractivity contribution in [1.82, 2.24) is 5.32 Å². The molecule has 1 saturated heterocycles. The summed E-state index contributed by atoms with van der Waals surface area (Å²) in [6.45, 7) is 10.1. The number of hydrogen-bond donors (Lipinski definition) is 1. The van der Waals surface area contributed by atoms with E-state index in [2.05, 4.69) is 35.6 Å². The van der Waals surface area contributed by atoms with Crippen molar-refractivity contribution in [3.63, 3.8) is 0 Å². The first-order valence-corrected chi connectivity index (χ1v) is 8.17. The molecule has 0 radical (unpaired) electrons. The van der Waals surface area contributed by atoms with Crippen LogP contribution in [-0.2, 0) is 6.42 Å². The van der Waals surface area contributed by atoms with Gasteiger partial charge in [-0.15, -0.1) is 0 Å². The van der Waals surface area contributed by atoms with Crippen LogP contribution in [0.1, 0.15) is 30.4 Å². The van der Waals surface area contributed by atoms with Crippen LogP contribution in [-0.4, -0.2) is 18.8 Å². The van der Waals surface area contributed by atoms with Crippen LogP contribution in [0.2, 0.25) is 5.02 Å². The van der Waals surface area contributed by atoms with E-state index < -0.39 is 0 Å². The average Bonchev–Trinajstić information content (AvgIpc) is 2.66. The van der Waals surface area contributed by atoms with Crippen LogP contribution < -0.4 is 5.32 Å². The number of aryl methyl sites for hydroxylation is 1. The molecule has 0 atom stereocenters. The highest BCUT2D eigenvalue weighted by molar-refractivity contribution is 6.34. The van der Waals surface area contributed by atoms with Crippen LogP contribution in [0.3, 0.4) is 0 Å². The smallest absolute Gasteiger partial charge is 0.0733 e. The molecule has 0 bridgehead atoms. The van der Waals surface area contributed by atoms with E-state index in [4.69, 9.17) is 11.6 Å². The van der Waals surface area contributed by atoms with Gasteiger partial charge < -0.3 is 5.32 Å². The van der Waals surface area contributed by atoms with E-state index in [1.807, 2.05) is 6.07 Å². The zero-order chi connectivity index (χ0) is 15.5. The minimum absolute atomic E-state index is 0.795. The molecule has 0 aromatic heterocycles. The minimum atomic E-state index is 0.795. The Hall–Kier alpha value is -1.64. The summed E-state index contributed by atoms with van der Waals surface area (Å²) in [5, 5.41) is 4.22. The number of fused-ring (bicyclic) bond motifs is 1. The summed E-state index contributed by atoms with van der Waals surface area (Å²) in [4.78, 5) is 4.57. The second kappa shape index (κ2) is 6.64. The number of allylic oxidation sites excluding steroid dienone is 2. The van der Waals surface area contributed by atoms with Gasteiger partial charge in [-0.25, -0.2) is 0 Å². The molecule has 1 aromatic rings. The van der Waals surface area contributed by atoms with Gasteiger partial charge in [0.05, 0.1) is 5.71 Å². The second-order valence-electron chi connectivity index (χ2n) is 5.79. The van der Waals surface area contributed by atoms with E-state index in [9.17, 15) is 0 Å². The molecule has 22 heavy (non-hydrogen) atoms. The molecule has 2 nitrogen and oxygen atoms in total. The van der Waals surface area contributed by atoms with Gasteiger partial charge in [0.1, 0.15) is 0 Å². The van der Waals surface area contributed by atoms with Crippen molar-refractivity contribution in [1.29, 1.82) is 0 Å². The molecule has 2 aliphatic rings. The lowest BCUT2D eigenvalue weighted by atomic mass is 9.88. The number of piperidine rings is 1. The largest absolute Gasteiger partial charge is 0.316 e. The second-order valence-corrected chi connectivity index (χ2v) is 6.23. The Morgan fingerprint density at radius 3 is 2.64 bits per heavy atom. The van der Waals surface area contributed by atoms with Crippen LogP contribution in [0, 0.1) is 0 Å². The standard InChI is InChI=1S/C19H21ClN2/c1-3-22-19-13(2)4-5-15-12-16(20)6-7-17(15)18(19)14-8-10-21-11-9-14/h3,6-7,12,21H,1-2,4-5,8-11H2. The van der Waals surface area contributed by atoms with Gasteiger partial charge >= 0.3 is 0 Å². The van der Waals surface area contributed by atoms with Gasteiger partial charge in [-0.05, 0) is 67.6 Å². The lowest BCUT2D eigenvalue weighted by molar-refractivity contribution is 0.612. The van der Waals surface area contributed by atoms with Crippen molar-refractivity contribution in [2.75, 3.05) is 13.1 Å². The fourth-order valence-electron chi connectivity index (χ4n) is 3.30. The van der Waals surface area contributed by atoms with E-state index >= 15 is 0 Å². The van der Waals surface area contributed by atoms with E-state index in [0.717, 1.165) is 55.1 Å². The van der Waals surface area contributed by atoms with Crippen LogP contribution >= 0.6 is 11.6 Å². The molecule has 3 heteroatoms. The summed E-state index contributed by atoms with van der Waals surface area (Å²) in [6.07, 6.45) is 5.61. The van der Waals surface area contributed by atoms with Crippen LogP contribution in [0.5, 0.6) is 0 Å². The quantitative estimate of drug-likeness (QED) is 0.755. The molecule has 0 amide bonds. The molecule has 1 aliphatic carbocycles. The van der Waals surface area contributed by atoms with Gasteiger partial charge in [0.25, 0.3) is 0 Å². The number of nitrogens with zero attached hydrogens (tertiary/aromatic N) is 1. The fraction of sp³-hybridized carbons (Fsp3) is 0.316. The van der Waals surface area contributed by atoms with Gasteiger partial charge in [0, 0.05) is 16.8 Å². The number of halogens is 1. The third-order valence-corrected chi connectivity index (χ3v) is 4.62. The van der Waals surface area contributed by atoms with Crippen molar-refractivity contribution in [3.05, 3.63) is 64.9 Å². The highest BCUT2D eigenvalue weighted by Crippen LogP contribution is 2.36. The zero-order valence-corrected chi connectivity index (χ0v) is 13.5. The number of aliphatic imine (C=N–C) groups is 1. The van der Waals surface area contributed by atoms with E-state index in [0.29, 0.717) is 0 Å². The van der Waals surface area contributed by atoms with Crippen LogP contribution in [0.25, 0.3) is 5.57 Å². The lowest BCUT2D eigenvalue weighted by Crippen LogP contribution is -2.24. The number of nitrogens with one attached hydrogen (secondary N) is 1. The molecule has 0 saturated carbocycles. The van der Waals surface area contributed by atoms with Crippen molar-refractivity contribution >= 4 is 22.9 Å².